The summed E-state index contributed by atoms with van der Waals surface area (Å²) < 4.78 is 35.3. The minimum atomic E-state index is -3.13. The molecule has 2 aromatic heterocycles. The first-order valence-corrected chi connectivity index (χ1v) is 14.5. The number of benzene rings is 2. The van der Waals surface area contributed by atoms with E-state index in [0.29, 0.717) is 34.6 Å². The molecule has 1 saturated heterocycles. The Kier molecular flexibility index (Phi) is 8.94. The molecule has 0 radical (unpaired) electrons. The van der Waals surface area contributed by atoms with E-state index in [-0.39, 0.29) is 29.5 Å². The molecule has 1 aliphatic rings. The van der Waals surface area contributed by atoms with Gasteiger partial charge in [0, 0.05) is 56.3 Å². The molecule has 2 aromatic carbocycles. The first kappa shape index (κ1) is 30.0. The molecule has 4 aromatic rings. The van der Waals surface area contributed by atoms with Crippen LogP contribution in [0.2, 0.25) is 0 Å². The van der Waals surface area contributed by atoms with E-state index in [4.69, 9.17) is 4.42 Å². The van der Waals surface area contributed by atoms with Crippen molar-refractivity contribution in [1.82, 2.24) is 15.2 Å². The summed E-state index contributed by atoms with van der Waals surface area (Å²) in [6.45, 7) is 3.97. The van der Waals surface area contributed by atoms with Crippen LogP contribution >= 0.6 is 0 Å². The van der Waals surface area contributed by atoms with Crippen LogP contribution in [0.5, 0.6) is 0 Å². The van der Waals surface area contributed by atoms with Crippen LogP contribution in [0.3, 0.4) is 0 Å². The maximum atomic E-state index is 14.7. The largest absolute Gasteiger partial charge is 0.461 e. The first-order valence-electron chi connectivity index (χ1n) is 14.5. The molecule has 0 spiro atoms. The van der Waals surface area contributed by atoms with Crippen molar-refractivity contribution in [2.75, 3.05) is 32.0 Å². The van der Waals surface area contributed by atoms with Crippen LogP contribution in [0.1, 0.15) is 47.0 Å². The zero-order valence-electron chi connectivity index (χ0n) is 24.6. The van der Waals surface area contributed by atoms with Crippen LogP contribution in [0.4, 0.5) is 14.6 Å². The van der Waals surface area contributed by atoms with E-state index < -0.39 is 5.82 Å². The highest BCUT2D eigenvalue weighted by atomic mass is 19.3. The fourth-order valence-electron chi connectivity index (χ4n) is 5.21. The summed E-state index contributed by atoms with van der Waals surface area (Å²) in [5, 5.41) is 6.28. The van der Waals surface area contributed by atoms with Crippen molar-refractivity contribution in [3.8, 4) is 11.1 Å². The molecular formula is C33H35BF2N4O3. The number of amides is 2. The van der Waals surface area contributed by atoms with Gasteiger partial charge < -0.3 is 20.0 Å². The van der Waals surface area contributed by atoms with Crippen molar-refractivity contribution in [3.63, 3.8) is 0 Å². The molecule has 222 valence electrons. The van der Waals surface area contributed by atoms with Crippen molar-refractivity contribution in [3.05, 3.63) is 89.3 Å². The Morgan fingerprint density at radius 1 is 1.09 bits per heavy atom. The van der Waals surface area contributed by atoms with Gasteiger partial charge in [0.2, 0.25) is 11.7 Å². The van der Waals surface area contributed by atoms with Crippen molar-refractivity contribution in [2.45, 2.75) is 32.0 Å². The fraction of sp³-hybridized carbons (Fsp3) is 0.303. The van der Waals surface area contributed by atoms with E-state index in [1.54, 1.807) is 49.7 Å². The number of carbonyl (C=O) groups is 2. The fourth-order valence-corrected chi connectivity index (χ4v) is 5.21. The number of nitrogens with one attached hydrogen (secondary N) is 2. The molecule has 2 amide bonds. The third kappa shape index (κ3) is 7.31. The van der Waals surface area contributed by atoms with E-state index in [2.05, 4.69) is 22.5 Å². The number of hydrogen-bond donors (Lipinski definition) is 2. The predicted octanol–water partition coefficient (Wildman–Crippen LogP) is 5.46. The molecule has 0 aliphatic carbocycles. The topological polar surface area (TPSA) is 87.5 Å². The Bertz CT molecular complexity index is 1620. The number of likely N-dealkylation sites (tertiary alicyclic amines) is 1. The zero-order chi connectivity index (χ0) is 30.6. The summed E-state index contributed by atoms with van der Waals surface area (Å²) in [7, 11) is 2.63. The highest BCUT2D eigenvalue weighted by Gasteiger charge is 2.30. The van der Waals surface area contributed by atoms with Gasteiger partial charge in [0.05, 0.1) is 5.56 Å². The molecule has 43 heavy (non-hydrogen) atoms. The highest BCUT2D eigenvalue weighted by molar-refractivity contribution is 6.15. The highest BCUT2D eigenvalue weighted by Crippen LogP contribution is 2.37. The Balaban J connectivity index is 1.28. The molecule has 10 heteroatoms. The van der Waals surface area contributed by atoms with Gasteiger partial charge >= 0.3 is 0 Å². The number of furan rings is 1. The number of aromatic nitrogens is 1. The monoisotopic (exact) mass is 584 g/mol. The maximum absolute atomic E-state index is 14.7. The summed E-state index contributed by atoms with van der Waals surface area (Å²) in [5.74, 6) is -1.57. The van der Waals surface area contributed by atoms with Crippen molar-refractivity contribution < 1.29 is 22.8 Å². The third-order valence-electron chi connectivity index (χ3n) is 7.82. The molecule has 0 bridgehead atoms. The Labute approximate surface area is 250 Å². The molecule has 1 aliphatic heterocycles. The number of carbonyl (C=O) groups excluding carboxylic acids is 2. The number of pyridine rings is 1. The van der Waals surface area contributed by atoms with Crippen molar-refractivity contribution >= 4 is 42.5 Å². The molecule has 5 rings (SSSR count). The molecule has 0 saturated carbocycles. The van der Waals surface area contributed by atoms with Gasteiger partial charge in [-0.25, -0.2) is 13.8 Å². The summed E-state index contributed by atoms with van der Waals surface area (Å²) in [4.78, 5) is 31.3. The van der Waals surface area contributed by atoms with Gasteiger partial charge in [0.1, 0.15) is 17.2 Å². The molecule has 2 N–H and O–H groups in total. The van der Waals surface area contributed by atoms with E-state index in [1.165, 1.54) is 12.1 Å². The van der Waals surface area contributed by atoms with Gasteiger partial charge in [0.15, 0.2) is 7.85 Å². The van der Waals surface area contributed by atoms with E-state index in [9.17, 15) is 18.4 Å². The molecule has 7 nitrogen and oxygen atoms in total. The lowest BCUT2D eigenvalue weighted by Gasteiger charge is -2.30. The smallest absolute Gasteiger partial charge is 0.253 e. The zero-order valence-corrected chi connectivity index (χ0v) is 24.6. The van der Waals surface area contributed by atoms with Gasteiger partial charge in [0.25, 0.3) is 5.91 Å². The van der Waals surface area contributed by atoms with Gasteiger partial charge in [-0.05, 0) is 84.0 Å². The van der Waals surface area contributed by atoms with E-state index >= 15 is 0 Å². The molecule has 3 heterocycles. The number of anilines is 1. The van der Waals surface area contributed by atoms with Gasteiger partial charge in [-0.15, -0.1) is 0 Å². The average Bonchev–Trinajstić information content (AvgIpc) is 3.42. The predicted molar refractivity (Wildman–Crippen MR) is 168 cm³/mol. The number of hydrogen-bond acceptors (Lipinski definition) is 5. The lowest BCUT2D eigenvalue weighted by Crippen LogP contribution is -2.37. The Hall–Kier alpha value is -4.47. The molecule has 0 unspecified atom stereocenters. The van der Waals surface area contributed by atoms with Crippen LogP contribution in [-0.2, 0) is 17.0 Å². The van der Waals surface area contributed by atoms with Crippen LogP contribution in [-0.4, -0.2) is 56.2 Å². The van der Waals surface area contributed by atoms with Gasteiger partial charge in [-0.3, -0.25) is 9.59 Å². The second-order valence-electron chi connectivity index (χ2n) is 11.2. The van der Waals surface area contributed by atoms with Crippen molar-refractivity contribution in [2.24, 2.45) is 5.92 Å². The van der Waals surface area contributed by atoms with E-state index in [1.807, 2.05) is 23.1 Å². The minimum absolute atomic E-state index is 0.00284. The summed E-state index contributed by atoms with van der Waals surface area (Å²) in [5.41, 5.74) is 2.63. The number of rotatable bonds is 9. The van der Waals surface area contributed by atoms with Gasteiger partial charge in [-0.2, -0.15) is 0 Å². The lowest BCUT2D eigenvalue weighted by atomic mass is 9.87. The minimum Gasteiger partial charge on any atom is -0.461 e. The van der Waals surface area contributed by atoms with E-state index in [0.717, 1.165) is 50.7 Å². The second-order valence-corrected chi connectivity index (χ2v) is 11.2. The Morgan fingerprint density at radius 2 is 1.84 bits per heavy atom. The number of halogens is 2. The van der Waals surface area contributed by atoms with Gasteiger partial charge in [-0.1, -0.05) is 19.1 Å². The number of fused-ring (bicyclic) bond motifs is 1. The van der Waals surface area contributed by atoms with Crippen LogP contribution < -0.4 is 10.6 Å². The summed E-state index contributed by atoms with van der Waals surface area (Å²) >= 11 is 0. The van der Waals surface area contributed by atoms with Crippen LogP contribution in [0.25, 0.3) is 28.2 Å². The lowest BCUT2D eigenvalue weighted by molar-refractivity contribution is -0.116. The standard InChI is InChI=1S/C33H35BF2N4O3/c1-21-12-15-40(16-13-21)32(42)24-7-5-23(6-8-24)25-17-26-18-27(43-31(26)28(19-25)33(34,35)36)11-14-38-30(41)10-4-22-3-9-29(37-2)39-20-22/h3-10,17-21H,11-16,34H2,1-2H3,(H,37,39)(H,38,41)/b10-4+. The second kappa shape index (κ2) is 12.8. The summed E-state index contributed by atoms with van der Waals surface area (Å²) in [6, 6.07) is 15.8. The number of alkyl halides is 2. The Morgan fingerprint density at radius 3 is 2.49 bits per heavy atom. The van der Waals surface area contributed by atoms with Crippen LogP contribution in [0.15, 0.2) is 71.3 Å². The molecule has 1 fully saturated rings. The first-order chi connectivity index (χ1) is 20.6. The SMILES string of the molecule is BC(F)(F)c1cc(-c2ccc(C(=O)N3CCC(C)CC3)cc2)cc2cc(CCNC(=O)/C=C/c3ccc(NC)nc3)oc12. The van der Waals surface area contributed by atoms with Crippen molar-refractivity contribution in [1.29, 1.82) is 0 Å². The average molecular weight is 584 g/mol. The van der Waals surface area contributed by atoms with Crippen LogP contribution in [0, 0.1) is 5.92 Å². The maximum Gasteiger partial charge on any atom is 0.253 e. The number of piperidine rings is 1. The third-order valence-corrected chi connectivity index (χ3v) is 7.82. The molecular weight excluding hydrogens is 549 g/mol. The molecule has 0 atom stereocenters. The normalized spacial score (nSPS) is 14.4. The number of nitrogens with zero attached hydrogens (tertiary/aromatic N) is 2. The quantitative estimate of drug-likeness (QED) is 0.202. The summed E-state index contributed by atoms with van der Waals surface area (Å²) in [6.07, 6.45) is 7.07.